The molecular formula is C18H20N2O2. The fourth-order valence-electron chi connectivity index (χ4n) is 2.96. The van der Waals surface area contributed by atoms with Gasteiger partial charge in [0.05, 0.1) is 6.54 Å². The van der Waals surface area contributed by atoms with Gasteiger partial charge in [0.1, 0.15) is 6.04 Å². The summed E-state index contributed by atoms with van der Waals surface area (Å²) in [6.45, 7) is 4.42. The summed E-state index contributed by atoms with van der Waals surface area (Å²) < 4.78 is 0. The van der Waals surface area contributed by atoms with Crippen molar-refractivity contribution in [3.05, 3.63) is 48.0 Å². The molecule has 0 spiro atoms. The van der Waals surface area contributed by atoms with Crippen molar-refractivity contribution in [3.63, 3.8) is 0 Å². The number of rotatable bonds is 4. The molecule has 0 aliphatic carbocycles. The largest absolute Gasteiger partial charge is 0.326 e. The lowest BCUT2D eigenvalue weighted by atomic mass is 10.0. The van der Waals surface area contributed by atoms with Gasteiger partial charge in [0.25, 0.3) is 5.91 Å². The van der Waals surface area contributed by atoms with Gasteiger partial charge >= 0.3 is 6.03 Å². The van der Waals surface area contributed by atoms with E-state index in [1.54, 1.807) is 0 Å². The molecule has 4 nitrogen and oxygen atoms in total. The fourth-order valence-corrected chi connectivity index (χ4v) is 2.96. The minimum atomic E-state index is -0.387. The molecule has 0 bridgehead atoms. The van der Waals surface area contributed by atoms with E-state index in [0.29, 0.717) is 18.9 Å². The van der Waals surface area contributed by atoms with Gasteiger partial charge in [0.2, 0.25) is 0 Å². The molecule has 1 heterocycles. The third kappa shape index (κ3) is 2.69. The van der Waals surface area contributed by atoms with Crippen LogP contribution in [0.2, 0.25) is 0 Å². The highest BCUT2D eigenvalue weighted by atomic mass is 16.2. The molecule has 0 aromatic heterocycles. The van der Waals surface area contributed by atoms with Crippen LogP contribution in [-0.4, -0.2) is 22.9 Å². The Labute approximate surface area is 130 Å². The first-order valence-corrected chi connectivity index (χ1v) is 7.65. The first-order valence-electron chi connectivity index (χ1n) is 7.65. The standard InChI is InChI=1S/C18H20N2O2/c1-12(2)10-16-17(21)20(18(22)19-16)11-14-8-5-7-13-6-3-4-9-15(13)14/h3-9,12,16H,10-11H2,1-2H3,(H,19,22)/t16-/m0/s1. The minimum absolute atomic E-state index is 0.119. The number of carbonyl (C=O) groups excluding carboxylic acids is 2. The van der Waals surface area contributed by atoms with Crippen molar-refractivity contribution >= 4 is 22.7 Å². The van der Waals surface area contributed by atoms with E-state index in [2.05, 4.69) is 5.32 Å². The molecule has 1 N–H and O–H groups in total. The van der Waals surface area contributed by atoms with Crippen LogP contribution in [0.25, 0.3) is 10.8 Å². The molecule has 2 aromatic carbocycles. The van der Waals surface area contributed by atoms with E-state index in [1.165, 1.54) is 4.90 Å². The van der Waals surface area contributed by atoms with Gasteiger partial charge in [-0.15, -0.1) is 0 Å². The second kappa shape index (κ2) is 5.79. The first-order chi connectivity index (χ1) is 10.6. The van der Waals surface area contributed by atoms with Gasteiger partial charge in [-0.25, -0.2) is 4.79 Å². The van der Waals surface area contributed by atoms with Gasteiger partial charge in [-0.05, 0) is 28.7 Å². The van der Waals surface area contributed by atoms with E-state index >= 15 is 0 Å². The maximum Gasteiger partial charge on any atom is 0.325 e. The molecule has 2 aromatic rings. The molecular weight excluding hydrogens is 276 g/mol. The van der Waals surface area contributed by atoms with Crippen LogP contribution in [0.3, 0.4) is 0 Å². The van der Waals surface area contributed by atoms with Crippen LogP contribution in [0.4, 0.5) is 4.79 Å². The maximum atomic E-state index is 12.4. The molecule has 3 amide bonds. The van der Waals surface area contributed by atoms with E-state index in [-0.39, 0.29) is 18.0 Å². The molecule has 3 rings (SSSR count). The molecule has 114 valence electrons. The van der Waals surface area contributed by atoms with Crippen LogP contribution in [0.5, 0.6) is 0 Å². The fraction of sp³-hybridized carbons (Fsp3) is 0.333. The number of fused-ring (bicyclic) bond motifs is 1. The molecule has 1 aliphatic rings. The van der Waals surface area contributed by atoms with Gasteiger partial charge in [0.15, 0.2) is 0 Å². The summed E-state index contributed by atoms with van der Waals surface area (Å²) >= 11 is 0. The smallest absolute Gasteiger partial charge is 0.325 e. The van der Waals surface area contributed by atoms with E-state index in [0.717, 1.165) is 16.3 Å². The molecule has 22 heavy (non-hydrogen) atoms. The lowest BCUT2D eigenvalue weighted by Crippen LogP contribution is -2.31. The Balaban J connectivity index is 1.86. The number of nitrogens with one attached hydrogen (secondary N) is 1. The minimum Gasteiger partial charge on any atom is -0.326 e. The third-order valence-electron chi connectivity index (χ3n) is 4.02. The lowest BCUT2D eigenvalue weighted by Gasteiger charge is -2.15. The average Bonchev–Trinajstić information content (AvgIpc) is 2.74. The number of urea groups is 1. The predicted octanol–water partition coefficient (Wildman–Crippen LogP) is 3.31. The summed E-state index contributed by atoms with van der Waals surface area (Å²) in [5, 5.41) is 4.99. The van der Waals surface area contributed by atoms with Crippen molar-refractivity contribution in [1.82, 2.24) is 10.2 Å². The van der Waals surface area contributed by atoms with E-state index in [9.17, 15) is 9.59 Å². The normalized spacial score (nSPS) is 18.3. The van der Waals surface area contributed by atoms with Gasteiger partial charge < -0.3 is 5.32 Å². The number of nitrogens with zero attached hydrogens (tertiary/aromatic N) is 1. The molecule has 0 saturated carbocycles. The van der Waals surface area contributed by atoms with Crippen LogP contribution in [0.1, 0.15) is 25.8 Å². The number of hydrogen-bond donors (Lipinski definition) is 1. The Morgan fingerprint density at radius 3 is 2.59 bits per heavy atom. The second-order valence-corrected chi connectivity index (χ2v) is 6.19. The summed E-state index contributed by atoms with van der Waals surface area (Å²) in [6.07, 6.45) is 0.677. The van der Waals surface area contributed by atoms with Crippen molar-refractivity contribution in [2.45, 2.75) is 32.9 Å². The Morgan fingerprint density at radius 2 is 1.82 bits per heavy atom. The van der Waals surface area contributed by atoms with Crippen molar-refractivity contribution in [1.29, 1.82) is 0 Å². The summed E-state index contributed by atoms with van der Waals surface area (Å²) in [4.78, 5) is 25.9. The number of imide groups is 1. The van der Waals surface area contributed by atoms with Crippen LogP contribution in [-0.2, 0) is 11.3 Å². The summed E-state index contributed by atoms with van der Waals surface area (Å²) in [5.41, 5.74) is 0.992. The van der Waals surface area contributed by atoms with Crippen LogP contribution in [0.15, 0.2) is 42.5 Å². The van der Waals surface area contributed by atoms with Crippen LogP contribution < -0.4 is 5.32 Å². The van der Waals surface area contributed by atoms with Crippen molar-refractivity contribution < 1.29 is 9.59 Å². The molecule has 0 unspecified atom stereocenters. The van der Waals surface area contributed by atoms with E-state index in [4.69, 9.17) is 0 Å². The number of carbonyl (C=O) groups is 2. The quantitative estimate of drug-likeness (QED) is 0.880. The zero-order valence-corrected chi connectivity index (χ0v) is 12.9. The molecule has 1 fully saturated rings. The Kier molecular flexibility index (Phi) is 3.84. The van der Waals surface area contributed by atoms with Gasteiger partial charge in [-0.3, -0.25) is 9.69 Å². The third-order valence-corrected chi connectivity index (χ3v) is 4.02. The predicted molar refractivity (Wildman–Crippen MR) is 86.3 cm³/mol. The zero-order chi connectivity index (χ0) is 15.7. The molecule has 1 aliphatic heterocycles. The average molecular weight is 296 g/mol. The zero-order valence-electron chi connectivity index (χ0n) is 12.9. The number of benzene rings is 2. The Morgan fingerprint density at radius 1 is 1.09 bits per heavy atom. The van der Waals surface area contributed by atoms with Crippen LogP contribution in [0, 0.1) is 5.92 Å². The SMILES string of the molecule is CC(C)C[C@@H]1NC(=O)N(Cc2cccc3ccccc23)C1=O. The van der Waals surface area contributed by atoms with E-state index in [1.807, 2.05) is 56.3 Å². The van der Waals surface area contributed by atoms with Gasteiger partial charge in [0, 0.05) is 0 Å². The molecule has 4 heteroatoms. The summed E-state index contributed by atoms with van der Waals surface area (Å²) in [7, 11) is 0. The van der Waals surface area contributed by atoms with Crippen molar-refractivity contribution in [2.24, 2.45) is 5.92 Å². The van der Waals surface area contributed by atoms with Crippen molar-refractivity contribution in [2.75, 3.05) is 0 Å². The highest BCUT2D eigenvalue weighted by Crippen LogP contribution is 2.22. The van der Waals surface area contributed by atoms with Crippen molar-refractivity contribution in [3.8, 4) is 0 Å². The first kappa shape index (κ1) is 14.6. The summed E-state index contributed by atoms with van der Waals surface area (Å²) in [5.74, 6) is 0.249. The maximum absolute atomic E-state index is 12.4. The topological polar surface area (TPSA) is 49.4 Å². The Bertz CT molecular complexity index is 719. The Hall–Kier alpha value is -2.36. The van der Waals surface area contributed by atoms with Gasteiger partial charge in [-0.2, -0.15) is 0 Å². The van der Waals surface area contributed by atoms with E-state index < -0.39 is 0 Å². The highest BCUT2D eigenvalue weighted by molar-refractivity contribution is 6.04. The lowest BCUT2D eigenvalue weighted by molar-refractivity contribution is -0.128. The summed E-state index contributed by atoms with van der Waals surface area (Å²) in [6, 6.07) is 13.3. The second-order valence-electron chi connectivity index (χ2n) is 6.19. The molecule has 1 atom stereocenters. The number of hydrogen-bond acceptors (Lipinski definition) is 2. The number of amides is 3. The van der Waals surface area contributed by atoms with Gasteiger partial charge in [-0.1, -0.05) is 56.3 Å². The molecule has 1 saturated heterocycles. The van der Waals surface area contributed by atoms with Crippen LogP contribution >= 0.6 is 0 Å². The highest BCUT2D eigenvalue weighted by Gasteiger charge is 2.38. The monoisotopic (exact) mass is 296 g/mol. The molecule has 0 radical (unpaired) electrons.